The van der Waals surface area contributed by atoms with Crippen LogP contribution in [0.3, 0.4) is 0 Å². The summed E-state index contributed by atoms with van der Waals surface area (Å²) >= 11 is 6.71. The van der Waals surface area contributed by atoms with E-state index in [4.69, 9.17) is 9.47 Å². The topological polar surface area (TPSA) is 84.9 Å². The van der Waals surface area contributed by atoms with E-state index in [0.29, 0.717) is 20.3 Å². The Kier molecular flexibility index (Phi) is 6.00. The molecule has 1 saturated heterocycles. The highest BCUT2D eigenvalue weighted by atomic mass is 79.9. The van der Waals surface area contributed by atoms with E-state index in [9.17, 15) is 14.4 Å². The van der Waals surface area contributed by atoms with E-state index >= 15 is 0 Å². The number of amides is 3. The van der Waals surface area contributed by atoms with E-state index < -0.39 is 17.9 Å². The van der Waals surface area contributed by atoms with Crippen molar-refractivity contribution in [3.8, 4) is 5.75 Å². The number of nitrogens with one attached hydrogen (secondary N) is 1. The lowest BCUT2D eigenvalue weighted by Crippen LogP contribution is -2.25. The average molecular weight is 462 g/mol. The van der Waals surface area contributed by atoms with Crippen LogP contribution in [0.2, 0.25) is 0 Å². The van der Waals surface area contributed by atoms with E-state index in [2.05, 4.69) is 37.2 Å². The third kappa shape index (κ3) is 4.15. The predicted octanol–water partition coefficient (Wildman–Crippen LogP) is 2.68. The molecule has 1 fully saturated rings. The molecule has 1 N–H and O–H groups in total. The molecule has 0 bridgehead atoms. The minimum Gasteiger partial charge on any atom is -0.480 e. The fourth-order valence-corrected chi connectivity index (χ4v) is 3.38. The summed E-state index contributed by atoms with van der Waals surface area (Å²) in [5.41, 5.74) is 0.845. The van der Waals surface area contributed by atoms with E-state index in [1.165, 1.54) is 7.05 Å². The molecule has 0 aromatic heterocycles. The zero-order valence-corrected chi connectivity index (χ0v) is 16.1. The molecule has 1 heterocycles. The number of urea groups is 1. The third-order valence-electron chi connectivity index (χ3n) is 3.05. The van der Waals surface area contributed by atoms with Gasteiger partial charge >= 0.3 is 12.0 Å². The maximum absolute atomic E-state index is 11.9. The summed E-state index contributed by atoms with van der Waals surface area (Å²) in [5, 5.41) is 2.49. The van der Waals surface area contributed by atoms with Crippen molar-refractivity contribution in [2.24, 2.45) is 0 Å². The molecule has 3 amide bonds. The van der Waals surface area contributed by atoms with Crippen molar-refractivity contribution < 1.29 is 23.9 Å². The summed E-state index contributed by atoms with van der Waals surface area (Å²) in [6, 6.07) is 2.94. The Morgan fingerprint density at radius 1 is 1.29 bits per heavy atom. The molecule has 0 spiro atoms. The van der Waals surface area contributed by atoms with Gasteiger partial charge in [-0.1, -0.05) is 0 Å². The first-order valence-electron chi connectivity index (χ1n) is 6.91. The first kappa shape index (κ1) is 18.5. The number of likely N-dealkylation sites (N-methyl/N-ethyl adjacent to an activating group) is 1. The summed E-state index contributed by atoms with van der Waals surface area (Å²) in [7, 11) is 1.40. The lowest BCUT2D eigenvalue weighted by atomic mass is 10.2. The second-order valence-corrected chi connectivity index (χ2v) is 6.47. The van der Waals surface area contributed by atoms with Crippen molar-refractivity contribution in [3.63, 3.8) is 0 Å². The molecule has 7 nitrogen and oxygen atoms in total. The fraction of sp³-hybridized carbons (Fsp3) is 0.267. The van der Waals surface area contributed by atoms with Gasteiger partial charge in [0, 0.05) is 7.05 Å². The average Bonchev–Trinajstić information content (AvgIpc) is 2.74. The van der Waals surface area contributed by atoms with Gasteiger partial charge in [0.15, 0.2) is 6.61 Å². The molecule has 0 unspecified atom stereocenters. The van der Waals surface area contributed by atoms with Crippen LogP contribution in [0.25, 0.3) is 6.08 Å². The fourth-order valence-electron chi connectivity index (χ4n) is 1.92. The highest BCUT2D eigenvalue weighted by Gasteiger charge is 2.30. The Labute approximate surface area is 155 Å². The SMILES string of the molecule is CCOC(=O)COc1c(Br)cc(/C=C2/NC(=O)N(C)C2=O)cc1Br. The molecule has 1 aromatic carbocycles. The van der Waals surface area contributed by atoms with Crippen LogP contribution in [-0.4, -0.2) is 43.1 Å². The van der Waals surface area contributed by atoms with Crippen LogP contribution in [0.15, 0.2) is 26.8 Å². The minimum absolute atomic E-state index is 0.182. The molecule has 0 atom stereocenters. The molecule has 0 saturated carbocycles. The number of hydrogen-bond acceptors (Lipinski definition) is 5. The summed E-state index contributed by atoms with van der Waals surface area (Å²) in [6.07, 6.45) is 1.55. The minimum atomic E-state index is -0.473. The zero-order chi connectivity index (χ0) is 17.9. The van der Waals surface area contributed by atoms with E-state index in [1.54, 1.807) is 25.1 Å². The second-order valence-electron chi connectivity index (χ2n) is 4.76. The Morgan fingerprint density at radius 3 is 2.42 bits per heavy atom. The Hall–Kier alpha value is -1.87. The van der Waals surface area contributed by atoms with Gasteiger partial charge in [0.05, 0.1) is 15.6 Å². The Bertz CT molecular complexity index is 710. The van der Waals surface area contributed by atoms with Crippen LogP contribution in [0.4, 0.5) is 4.79 Å². The summed E-state index contributed by atoms with van der Waals surface area (Å²) in [5.74, 6) is -0.441. The smallest absolute Gasteiger partial charge is 0.344 e. The van der Waals surface area contributed by atoms with Crippen LogP contribution in [0.5, 0.6) is 5.75 Å². The van der Waals surface area contributed by atoms with Gasteiger partial charge in [-0.25, -0.2) is 9.59 Å². The molecule has 24 heavy (non-hydrogen) atoms. The second kappa shape index (κ2) is 7.80. The van der Waals surface area contributed by atoms with Crippen LogP contribution >= 0.6 is 31.9 Å². The summed E-state index contributed by atoms with van der Waals surface area (Å²) in [4.78, 5) is 35.7. The van der Waals surface area contributed by atoms with Crippen LogP contribution in [0, 0.1) is 0 Å². The van der Waals surface area contributed by atoms with Crippen molar-refractivity contribution in [1.82, 2.24) is 10.2 Å². The monoisotopic (exact) mass is 460 g/mol. The number of carbonyl (C=O) groups excluding carboxylic acids is 3. The molecule has 1 aliphatic heterocycles. The predicted molar refractivity (Wildman–Crippen MR) is 93.2 cm³/mol. The molecule has 9 heteroatoms. The van der Waals surface area contributed by atoms with Gasteiger partial charge in [0.25, 0.3) is 5.91 Å². The summed E-state index contributed by atoms with van der Waals surface area (Å²) in [6.45, 7) is 1.78. The van der Waals surface area contributed by atoms with E-state index in [-0.39, 0.29) is 18.9 Å². The molecule has 2 rings (SSSR count). The molecular weight excluding hydrogens is 448 g/mol. The number of imide groups is 1. The highest BCUT2D eigenvalue weighted by Crippen LogP contribution is 2.35. The maximum atomic E-state index is 11.9. The third-order valence-corrected chi connectivity index (χ3v) is 4.23. The number of halogens is 2. The highest BCUT2D eigenvalue weighted by molar-refractivity contribution is 9.11. The van der Waals surface area contributed by atoms with Crippen molar-refractivity contribution in [2.45, 2.75) is 6.92 Å². The zero-order valence-electron chi connectivity index (χ0n) is 12.9. The van der Waals surface area contributed by atoms with Gasteiger partial charge in [-0.15, -0.1) is 0 Å². The number of rotatable bonds is 5. The van der Waals surface area contributed by atoms with Crippen molar-refractivity contribution in [3.05, 3.63) is 32.3 Å². The number of ether oxygens (including phenoxy) is 2. The number of hydrogen-bond donors (Lipinski definition) is 1. The number of esters is 1. The van der Waals surface area contributed by atoms with Gasteiger partial charge in [0.2, 0.25) is 0 Å². The first-order valence-corrected chi connectivity index (χ1v) is 8.50. The Balaban J connectivity index is 2.19. The molecule has 1 aromatic rings. The van der Waals surface area contributed by atoms with Crippen LogP contribution in [-0.2, 0) is 14.3 Å². The van der Waals surface area contributed by atoms with E-state index in [1.807, 2.05) is 0 Å². The van der Waals surface area contributed by atoms with Crippen molar-refractivity contribution >= 4 is 55.8 Å². The molecule has 1 aliphatic rings. The van der Waals surface area contributed by atoms with Crippen molar-refractivity contribution in [1.29, 1.82) is 0 Å². The quantitative estimate of drug-likeness (QED) is 0.414. The normalized spacial score (nSPS) is 15.7. The molecule has 0 radical (unpaired) electrons. The van der Waals surface area contributed by atoms with Gasteiger partial charge in [-0.3, -0.25) is 9.69 Å². The van der Waals surface area contributed by atoms with Crippen molar-refractivity contribution in [2.75, 3.05) is 20.3 Å². The van der Waals surface area contributed by atoms with Crippen LogP contribution in [0.1, 0.15) is 12.5 Å². The standard InChI is InChI=1S/C15H14Br2N2O5/c1-3-23-12(20)7-24-13-9(16)4-8(5-10(13)17)6-11-14(21)19(2)15(22)18-11/h4-6H,3,7H2,1-2H3,(H,18,22)/b11-6+. The molecular formula is C15H14Br2N2O5. The molecule has 128 valence electrons. The molecule has 0 aliphatic carbocycles. The van der Waals surface area contributed by atoms with Crippen LogP contribution < -0.4 is 10.1 Å². The first-order chi connectivity index (χ1) is 11.3. The lowest BCUT2D eigenvalue weighted by molar-refractivity contribution is -0.145. The van der Waals surface area contributed by atoms with Gasteiger partial charge in [0.1, 0.15) is 11.4 Å². The van der Waals surface area contributed by atoms with Gasteiger partial charge in [-0.05, 0) is 62.6 Å². The van der Waals surface area contributed by atoms with Gasteiger partial charge in [-0.2, -0.15) is 0 Å². The van der Waals surface area contributed by atoms with E-state index in [0.717, 1.165) is 4.90 Å². The largest absolute Gasteiger partial charge is 0.480 e. The summed E-state index contributed by atoms with van der Waals surface area (Å²) < 4.78 is 11.4. The van der Waals surface area contributed by atoms with Gasteiger partial charge < -0.3 is 14.8 Å². The number of nitrogens with zero attached hydrogens (tertiary/aromatic N) is 1. The number of benzene rings is 1. The lowest BCUT2D eigenvalue weighted by Gasteiger charge is -2.11. The Morgan fingerprint density at radius 2 is 1.92 bits per heavy atom. The maximum Gasteiger partial charge on any atom is 0.344 e. The number of carbonyl (C=O) groups is 3.